The molecule has 0 bridgehead atoms. The first-order chi connectivity index (χ1) is 8.18. The van der Waals surface area contributed by atoms with E-state index in [0.29, 0.717) is 39.5 Å². The first-order valence-electron chi connectivity index (χ1n) is 5.82. The van der Waals surface area contributed by atoms with Crippen LogP contribution in [-0.2, 0) is 19.0 Å². The van der Waals surface area contributed by atoms with Gasteiger partial charge in [0, 0.05) is 33.4 Å². The number of carbonyl (C=O) groups is 1. The lowest BCUT2D eigenvalue weighted by molar-refractivity contribution is -0.150. The second-order valence-corrected chi connectivity index (χ2v) is 4.16. The van der Waals surface area contributed by atoms with Crippen molar-refractivity contribution in [1.82, 2.24) is 5.32 Å². The highest BCUT2D eigenvalue weighted by Gasteiger charge is 2.39. The van der Waals surface area contributed by atoms with Crippen molar-refractivity contribution in [3.8, 4) is 0 Å². The first-order valence-corrected chi connectivity index (χ1v) is 5.82. The molecule has 1 heterocycles. The molecule has 0 aromatic heterocycles. The van der Waals surface area contributed by atoms with Crippen LogP contribution in [0.25, 0.3) is 0 Å². The van der Waals surface area contributed by atoms with Crippen LogP contribution in [0.3, 0.4) is 0 Å². The molecule has 0 unspecified atom stereocenters. The van der Waals surface area contributed by atoms with Gasteiger partial charge in [-0.25, -0.2) is 0 Å². The largest absolute Gasteiger partial charge is 0.481 e. The lowest BCUT2D eigenvalue weighted by Gasteiger charge is -2.41. The molecule has 0 amide bonds. The van der Waals surface area contributed by atoms with Gasteiger partial charge < -0.3 is 24.6 Å². The van der Waals surface area contributed by atoms with Crippen LogP contribution in [-0.4, -0.2) is 63.3 Å². The standard InChI is InChI=1S/C11H21NO5/c1-15-5-6-16-3-2-4-17-11(7-10(13)14)8-12-9-11/h12H,2-9H2,1H3,(H,13,14). The van der Waals surface area contributed by atoms with Crippen LogP contribution in [0.2, 0.25) is 0 Å². The second kappa shape index (κ2) is 7.60. The van der Waals surface area contributed by atoms with Crippen molar-refractivity contribution < 1.29 is 24.1 Å². The molecule has 1 aliphatic heterocycles. The molecule has 2 N–H and O–H groups in total. The van der Waals surface area contributed by atoms with Crippen LogP contribution < -0.4 is 5.32 Å². The lowest BCUT2D eigenvalue weighted by atomic mass is 9.93. The Bertz CT molecular complexity index is 230. The minimum absolute atomic E-state index is 0.0601. The van der Waals surface area contributed by atoms with Gasteiger partial charge in [0.1, 0.15) is 5.60 Å². The fraction of sp³-hybridized carbons (Fsp3) is 0.909. The summed E-state index contributed by atoms with van der Waals surface area (Å²) in [6.45, 7) is 3.54. The highest BCUT2D eigenvalue weighted by Crippen LogP contribution is 2.21. The molecule has 17 heavy (non-hydrogen) atoms. The second-order valence-electron chi connectivity index (χ2n) is 4.16. The number of hydrogen-bond acceptors (Lipinski definition) is 5. The summed E-state index contributed by atoms with van der Waals surface area (Å²) in [4.78, 5) is 10.7. The Morgan fingerprint density at radius 2 is 2.06 bits per heavy atom. The van der Waals surface area contributed by atoms with Gasteiger partial charge in [-0.05, 0) is 6.42 Å². The molecule has 0 aliphatic carbocycles. The number of carboxylic acids is 1. The molecule has 0 atom stereocenters. The SMILES string of the molecule is COCCOCCCOC1(CC(=O)O)CNC1. The molecule has 1 rings (SSSR count). The normalized spacial score (nSPS) is 17.7. The fourth-order valence-electron chi connectivity index (χ4n) is 1.65. The third-order valence-corrected chi connectivity index (χ3v) is 2.64. The summed E-state index contributed by atoms with van der Waals surface area (Å²) in [6, 6.07) is 0. The fourth-order valence-corrected chi connectivity index (χ4v) is 1.65. The van der Waals surface area contributed by atoms with E-state index < -0.39 is 11.6 Å². The Morgan fingerprint density at radius 3 is 2.59 bits per heavy atom. The van der Waals surface area contributed by atoms with Crippen LogP contribution in [0.1, 0.15) is 12.8 Å². The monoisotopic (exact) mass is 247 g/mol. The van der Waals surface area contributed by atoms with E-state index in [-0.39, 0.29) is 6.42 Å². The first kappa shape index (κ1) is 14.4. The predicted octanol–water partition coefficient (Wildman–Crippen LogP) is -0.127. The summed E-state index contributed by atoms with van der Waals surface area (Å²) in [5.41, 5.74) is -0.502. The Labute approximate surface area is 101 Å². The van der Waals surface area contributed by atoms with Crippen LogP contribution >= 0.6 is 0 Å². The minimum Gasteiger partial charge on any atom is -0.481 e. The number of methoxy groups -OCH3 is 1. The van der Waals surface area contributed by atoms with Crippen molar-refractivity contribution in [3.05, 3.63) is 0 Å². The van der Waals surface area contributed by atoms with Crippen LogP contribution in [0.15, 0.2) is 0 Å². The highest BCUT2D eigenvalue weighted by molar-refractivity contribution is 5.68. The lowest BCUT2D eigenvalue weighted by Crippen LogP contribution is -2.62. The average molecular weight is 247 g/mol. The van der Waals surface area contributed by atoms with E-state index in [4.69, 9.17) is 19.3 Å². The quantitative estimate of drug-likeness (QED) is 0.524. The topological polar surface area (TPSA) is 77.0 Å². The number of aliphatic carboxylic acids is 1. The number of hydrogen-bond donors (Lipinski definition) is 2. The van der Waals surface area contributed by atoms with Gasteiger partial charge in [-0.1, -0.05) is 0 Å². The van der Waals surface area contributed by atoms with Crippen molar-refractivity contribution >= 4 is 5.97 Å². The number of nitrogens with one attached hydrogen (secondary N) is 1. The average Bonchev–Trinajstić information content (AvgIpc) is 2.23. The minimum atomic E-state index is -0.817. The Kier molecular flexibility index (Phi) is 6.43. The molecule has 1 fully saturated rings. The number of ether oxygens (including phenoxy) is 3. The van der Waals surface area contributed by atoms with Crippen molar-refractivity contribution in [3.63, 3.8) is 0 Å². The zero-order valence-corrected chi connectivity index (χ0v) is 10.2. The third-order valence-electron chi connectivity index (χ3n) is 2.64. The van der Waals surface area contributed by atoms with Crippen molar-refractivity contribution in [1.29, 1.82) is 0 Å². The summed E-state index contributed by atoms with van der Waals surface area (Å²) in [5.74, 6) is -0.817. The van der Waals surface area contributed by atoms with E-state index in [9.17, 15) is 4.79 Å². The maximum absolute atomic E-state index is 10.7. The molecule has 0 aromatic carbocycles. The molecule has 1 aliphatic rings. The molecule has 0 saturated carbocycles. The molecule has 6 heteroatoms. The van der Waals surface area contributed by atoms with Gasteiger partial charge in [-0.3, -0.25) is 4.79 Å². The smallest absolute Gasteiger partial charge is 0.306 e. The van der Waals surface area contributed by atoms with Gasteiger partial charge in [0.2, 0.25) is 0 Å². The molecule has 0 radical (unpaired) electrons. The number of rotatable bonds is 10. The van der Waals surface area contributed by atoms with E-state index in [0.717, 1.165) is 6.42 Å². The van der Waals surface area contributed by atoms with Gasteiger partial charge >= 0.3 is 5.97 Å². The van der Waals surface area contributed by atoms with Gasteiger partial charge in [-0.2, -0.15) is 0 Å². The zero-order chi connectivity index (χ0) is 12.6. The van der Waals surface area contributed by atoms with Crippen LogP contribution in [0, 0.1) is 0 Å². The summed E-state index contributed by atoms with van der Waals surface area (Å²) < 4.78 is 15.8. The van der Waals surface area contributed by atoms with E-state index in [1.807, 2.05) is 0 Å². The maximum atomic E-state index is 10.7. The molecule has 100 valence electrons. The Balaban J connectivity index is 2.02. The molecule has 0 aromatic rings. The Morgan fingerprint density at radius 1 is 1.29 bits per heavy atom. The van der Waals surface area contributed by atoms with E-state index in [1.54, 1.807) is 7.11 Å². The molecular weight excluding hydrogens is 226 g/mol. The van der Waals surface area contributed by atoms with Crippen molar-refractivity contribution in [2.24, 2.45) is 0 Å². The van der Waals surface area contributed by atoms with Crippen molar-refractivity contribution in [2.75, 3.05) is 46.6 Å². The summed E-state index contributed by atoms with van der Waals surface area (Å²) in [7, 11) is 1.63. The van der Waals surface area contributed by atoms with Crippen LogP contribution in [0.4, 0.5) is 0 Å². The van der Waals surface area contributed by atoms with Gasteiger partial charge in [0.25, 0.3) is 0 Å². The van der Waals surface area contributed by atoms with E-state index >= 15 is 0 Å². The summed E-state index contributed by atoms with van der Waals surface area (Å²) in [6.07, 6.45) is 0.829. The van der Waals surface area contributed by atoms with Gasteiger partial charge in [0.05, 0.1) is 19.6 Å². The highest BCUT2D eigenvalue weighted by atomic mass is 16.5. The van der Waals surface area contributed by atoms with E-state index in [1.165, 1.54) is 0 Å². The zero-order valence-electron chi connectivity index (χ0n) is 10.2. The molecule has 0 spiro atoms. The van der Waals surface area contributed by atoms with Crippen molar-refractivity contribution in [2.45, 2.75) is 18.4 Å². The maximum Gasteiger partial charge on any atom is 0.306 e. The van der Waals surface area contributed by atoms with E-state index in [2.05, 4.69) is 5.32 Å². The Hall–Kier alpha value is -0.690. The van der Waals surface area contributed by atoms with Gasteiger partial charge in [-0.15, -0.1) is 0 Å². The third kappa shape index (κ3) is 5.45. The predicted molar refractivity (Wildman–Crippen MR) is 61.1 cm³/mol. The van der Waals surface area contributed by atoms with Gasteiger partial charge in [0.15, 0.2) is 0 Å². The molecule has 1 saturated heterocycles. The summed E-state index contributed by atoms with van der Waals surface area (Å²) >= 11 is 0. The summed E-state index contributed by atoms with van der Waals surface area (Å²) in [5, 5.41) is 11.8. The molecule has 6 nitrogen and oxygen atoms in total. The van der Waals surface area contributed by atoms with Crippen LogP contribution in [0.5, 0.6) is 0 Å². The number of carboxylic acid groups (broad SMARTS) is 1. The molecular formula is C11H21NO5.